The Balaban J connectivity index is 1.37. The number of aryl methyl sites for hydroxylation is 1. The maximum atomic E-state index is 12.9. The Labute approximate surface area is 257 Å². The first kappa shape index (κ1) is 28.6. The van der Waals surface area contributed by atoms with Crippen molar-refractivity contribution in [2.75, 3.05) is 11.9 Å². The Kier molecular flexibility index (Phi) is 8.33. The number of nitrogens with one attached hydrogen (secondary N) is 1. The van der Waals surface area contributed by atoms with Crippen molar-refractivity contribution in [2.24, 2.45) is 0 Å². The van der Waals surface area contributed by atoms with Crippen LogP contribution in [0.2, 0.25) is 0 Å². The second-order valence-corrected chi connectivity index (χ2v) is 11.0. The third-order valence-electron chi connectivity index (χ3n) is 7.99. The minimum Gasteiger partial charge on any atom is -0.423 e. The molecule has 6 aromatic rings. The van der Waals surface area contributed by atoms with E-state index >= 15 is 0 Å². The van der Waals surface area contributed by atoms with Crippen LogP contribution in [0, 0.1) is 6.92 Å². The molecule has 5 aromatic carbocycles. The average Bonchev–Trinajstić information content (AvgIpc) is 3.05. The van der Waals surface area contributed by atoms with Crippen LogP contribution in [0.25, 0.3) is 22.1 Å². The molecule has 0 spiro atoms. The van der Waals surface area contributed by atoms with Crippen LogP contribution >= 0.6 is 0 Å². The summed E-state index contributed by atoms with van der Waals surface area (Å²) in [5.41, 5.74) is 9.47. The molecular formula is C40H33NO3. The van der Waals surface area contributed by atoms with Gasteiger partial charge in [-0.2, -0.15) is 0 Å². The molecule has 4 nitrogen and oxygen atoms in total. The molecule has 1 unspecified atom stereocenters. The number of anilines is 1. The summed E-state index contributed by atoms with van der Waals surface area (Å²) in [6, 6.07) is 46.9. The van der Waals surface area contributed by atoms with Crippen LogP contribution in [0.15, 0.2) is 149 Å². The first-order valence-electron chi connectivity index (χ1n) is 14.8. The highest BCUT2D eigenvalue weighted by Gasteiger charge is 2.20. The standard InChI is InChI=1S/C40H33NO3/c1-27-24-38(43)44-37-25-34(22-23-35(27)37)41-26-36(28(2)42)29-18-20-33(21-19-29)40(32-16-10-5-11-17-32)39(30-12-6-3-7-13-30)31-14-8-4-9-15-31/h3-25,36,41H,26H2,1-2H3. The predicted octanol–water partition coefficient (Wildman–Crippen LogP) is 8.89. The molecular weight excluding hydrogens is 542 g/mol. The first-order chi connectivity index (χ1) is 21.5. The average molecular weight is 576 g/mol. The van der Waals surface area contributed by atoms with E-state index in [1.807, 2.05) is 43.3 Å². The predicted molar refractivity (Wildman–Crippen MR) is 180 cm³/mol. The van der Waals surface area contributed by atoms with E-state index in [1.54, 1.807) is 6.92 Å². The summed E-state index contributed by atoms with van der Waals surface area (Å²) in [4.78, 5) is 24.8. The van der Waals surface area contributed by atoms with E-state index in [1.165, 1.54) is 6.07 Å². The summed E-state index contributed by atoms with van der Waals surface area (Å²) in [7, 11) is 0. The van der Waals surface area contributed by atoms with Crippen molar-refractivity contribution < 1.29 is 9.21 Å². The number of benzene rings is 5. The Hall–Kier alpha value is -5.48. The number of hydrogen-bond acceptors (Lipinski definition) is 4. The number of hydrogen-bond donors (Lipinski definition) is 1. The summed E-state index contributed by atoms with van der Waals surface area (Å²) in [6.45, 7) is 3.93. The van der Waals surface area contributed by atoms with Crippen LogP contribution in [0.3, 0.4) is 0 Å². The fraction of sp³-hybridized carbons (Fsp3) is 0.100. The molecule has 0 saturated carbocycles. The number of fused-ring (bicyclic) bond motifs is 1. The number of carbonyl (C=O) groups is 1. The van der Waals surface area contributed by atoms with Crippen molar-refractivity contribution in [3.05, 3.63) is 183 Å². The van der Waals surface area contributed by atoms with E-state index in [4.69, 9.17) is 4.42 Å². The van der Waals surface area contributed by atoms with Crippen LogP contribution < -0.4 is 10.9 Å². The lowest BCUT2D eigenvalue weighted by Gasteiger charge is -2.20. The molecule has 0 amide bonds. The Bertz CT molecular complexity index is 1950. The van der Waals surface area contributed by atoms with Crippen LogP contribution in [-0.4, -0.2) is 12.3 Å². The van der Waals surface area contributed by atoms with Gasteiger partial charge in [0.05, 0.1) is 5.92 Å². The van der Waals surface area contributed by atoms with Gasteiger partial charge in [-0.05, 0) is 70.5 Å². The van der Waals surface area contributed by atoms with Gasteiger partial charge in [-0.15, -0.1) is 0 Å². The maximum Gasteiger partial charge on any atom is 0.336 e. The van der Waals surface area contributed by atoms with Crippen molar-refractivity contribution in [1.82, 2.24) is 0 Å². The molecule has 1 N–H and O–H groups in total. The monoisotopic (exact) mass is 575 g/mol. The van der Waals surface area contributed by atoms with E-state index in [-0.39, 0.29) is 17.3 Å². The topological polar surface area (TPSA) is 59.3 Å². The van der Waals surface area contributed by atoms with Crippen LogP contribution in [0.5, 0.6) is 0 Å². The summed E-state index contributed by atoms with van der Waals surface area (Å²) in [6.07, 6.45) is 0. The molecule has 6 rings (SSSR count). The highest BCUT2D eigenvalue weighted by molar-refractivity contribution is 6.04. The zero-order chi connectivity index (χ0) is 30.5. The SMILES string of the molecule is CC(=O)C(CNc1ccc2c(C)cc(=O)oc2c1)c1ccc(C(=C(c2ccccc2)c2ccccc2)c2ccccc2)cc1. The van der Waals surface area contributed by atoms with Gasteiger partial charge in [0.1, 0.15) is 11.4 Å². The van der Waals surface area contributed by atoms with Crippen molar-refractivity contribution in [2.45, 2.75) is 19.8 Å². The largest absolute Gasteiger partial charge is 0.423 e. The van der Waals surface area contributed by atoms with E-state index < -0.39 is 0 Å². The molecule has 216 valence electrons. The lowest BCUT2D eigenvalue weighted by Crippen LogP contribution is -2.19. The highest BCUT2D eigenvalue weighted by atomic mass is 16.4. The molecule has 0 fully saturated rings. The van der Waals surface area contributed by atoms with E-state index in [9.17, 15) is 9.59 Å². The second kappa shape index (κ2) is 12.8. The number of carbonyl (C=O) groups excluding carboxylic acids is 1. The molecule has 1 atom stereocenters. The van der Waals surface area contributed by atoms with Crippen molar-refractivity contribution >= 4 is 33.6 Å². The highest BCUT2D eigenvalue weighted by Crippen LogP contribution is 2.37. The molecule has 0 aliphatic heterocycles. The van der Waals surface area contributed by atoms with Gasteiger partial charge < -0.3 is 9.73 Å². The van der Waals surface area contributed by atoms with Gasteiger partial charge >= 0.3 is 5.63 Å². The quantitative estimate of drug-likeness (QED) is 0.138. The Morgan fingerprint density at radius 3 is 1.66 bits per heavy atom. The number of rotatable bonds is 9. The van der Waals surface area contributed by atoms with Crippen LogP contribution in [0.1, 0.15) is 46.2 Å². The van der Waals surface area contributed by atoms with Crippen LogP contribution in [0.4, 0.5) is 5.69 Å². The molecule has 0 bridgehead atoms. The summed E-state index contributed by atoms with van der Waals surface area (Å²) in [5.74, 6) is -0.280. The Morgan fingerprint density at radius 2 is 1.16 bits per heavy atom. The molecule has 4 heteroatoms. The summed E-state index contributed by atoms with van der Waals surface area (Å²) in [5, 5.41) is 4.28. The maximum absolute atomic E-state index is 12.9. The zero-order valence-corrected chi connectivity index (χ0v) is 24.8. The number of Topliss-reactive ketones (excluding diaryl/α,β-unsaturated/α-hetero) is 1. The first-order valence-corrected chi connectivity index (χ1v) is 14.8. The minimum absolute atomic E-state index is 0.0708. The normalized spacial score (nSPS) is 11.6. The zero-order valence-electron chi connectivity index (χ0n) is 24.8. The minimum atomic E-state index is -0.375. The number of ketones is 1. The molecule has 0 saturated heterocycles. The van der Waals surface area contributed by atoms with E-state index in [0.29, 0.717) is 12.1 Å². The smallest absolute Gasteiger partial charge is 0.336 e. The molecule has 0 aliphatic carbocycles. The van der Waals surface area contributed by atoms with Crippen molar-refractivity contribution in [1.29, 1.82) is 0 Å². The molecule has 44 heavy (non-hydrogen) atoms. The lowest BCUT2D eigenvalue weighted by atomic mass is 9.85. The summed E-state index contributed by atoms with van der Waals surface area (Å²) >= 11 is 0. The van der Waals surface area contributed by atoms with Gasteiger partial charge in [-0.25, -0.2) is 4.79 Å². The molecule has 0 radical (unpaired) electrons. The lowest BCUT2D eigenvalue weighted by molar-refractivity contribution is -0.118. The van der Waals surface area contributed by atoms with Gasteiger partial charge in [0.15, 0.2) is 0 Å². The van der Waals surface area contributed by atoms with Gasteiger partial charge in [0, 0.05) is 29.8 Å². The summed E-state index contributed by atoms with van der Waals surface area (Å²) < 4.78 is 5.41. The van der Waals surface area contributed by atoms with E-state index in [2.05, 4.69) is 102 Å². The Morgan fingerprint density at radius 1 is 0.659 bits per heavy atom. The van der Waals surface area contributed by atoms with Gasteiger partial charge in [-0.3, -0.25) is 4.79 Å². The van der Waals surface area contributed by atoms with E-state index in [0.717, 1.165) is 55.6 Å². The molecule has 1 aromatic heterocycles. The fourth-order valence-electron chi connectivity index (χ4n) is 5.76. The molecule has 0 aliphatic rings. The van der Waals surface area contributed by atoms with Gasteiger partial charge in [0.2, 0.25) is 0 Å². The third-order valence-corrected chi connectivity index (χ3v) is 7.99. The van der Waals surface area contributed by atoms with Crippen LogP contribution in [-0.2, 0) is 4.79 Å². The molecule has 1 heterocycles. The van der Waals surface area contributed by atoms with Crippen molar-refractivity contribution in [3.8, 4) is 0 Å². The fourth-order valence-corrected chi connectivity index (χ4v) is 5.76. The second-order valence-electron chi connectivity index (χ2n) is 11.0. The third kappa shape index (κ3) is 6.16. The van der Waals surface area contributed by atoms with Gasteiger partial charge in [-0.1, -0.05) is 115 Å². The van der Waals surface area contributed by atoms with Crippen molar-refractivity contribution in [3.63, 3.8) is 0 Å². The van der Waals surface area contributed by atoms with Gasteiger partial charge in [0.25, 0.3) is 0 Å².